The molecule has 0 amide bonds. The van der Waals surface area contributed by atoms with E-state index < -0.39 is 38.5 Å². The van der Waals surface area contributed by atoms with Crippen LogP contribution in [-0.4, -0.2) is 70.8 Å². The number of imidazole rings is 1. The number of nitrogens with zero attached hydrogens (tertiary/aromatic N) is 4. The monoisotopic (exact) mass is 517 g/mol. The Kier molecular flexibility index (Phi) is 7.17. The van der Waals surface area contributed by atoms with Gasteiger partial charge in [-0.05, 0) is 36.2 Å². The molecule has 0 spiro atoms. The molecule has 184 valence electrons. The van der Waals surface area contributed by atoms with Crippen molar-refractivity contribution in [2.24, 2.45) is 0 Å². The van der Waals surface area contributed by atoms with Gasteiger partial charge in [0.2, 0.25) is 5.28 Å². The highest BCUT2D eigenvalue weighted by atomic mass is 35.5. The summed E-state index contributed by atoms with van der Waals surface area (Å²) in [4.78, 5) is 30.4. The lowest BCUT2D eigenvalue weighted by molar-refractivity contribution is -0.0612. The number of hydrogen-bond acceptors (Lipinski definition) is 9. The molecule has 3 heterocycles. The molecule has 1 saturated heterocycles. The number of aliphatic hydroxyl groups is 2. The predicted molar refractivity (Wildman–Crippen MR) is 118 cm³/mol. The summed E-state index contributed by atoms with van der Waals surface area (Å²) < 4.78 is 36.2. The summed E-state index contributed by atoms with van der Waals surface area (Å²) in [6.45, 7) is 1.48. The molecular weight excluding hydrogens is 496 g/mol. The van der Waals surface area contributed by atoms with E-state index in [9.17, 15) is 19.2 Å². The molecule has 1 aliphatic heterocycles. The van der Waals surface area contributed by atoms with Gasteiger partial charge in [-0.2, -0.15) is 9.97 Å². The van der Waals surface area contributed by atoms with Crippen LogP contribution < -0.4 is 5.32 Å². The van der Waals surface area contributed by atoms with Gasteiger partial charge < -0.3 is 34.8 Å². The molecule has 15 heteroatoms. The summed E-state index contributed by atoms with van der Waals surface area (Å²) in [6, 6.07) is 5.66. The number of ether oxygens (including phenoxy) is 2. The zero-order valence-corrected chi connectivity index (χ0v) is 19.3. The summed E-state index contributed by atoms with van der Waals surface area (Å²) in [5.74, 6) is -0.0648. The van der Waals surface area contributed by atoms with Crippen LogP contribution in [0.4, 0.5) is 10.2 Å². The molecule has 2 aromatic heterocycles. The van der Waals surface area contributed by atoms with E-state index in [1.807, 2.05) is 6.92 Å². The Labute approximate surface area is 197 Å². The van der Waals surface area contributed by atoms with E-state index in [4.69, 9.17) is 30.9 Å². The van der Waals surface area contributed by atoms with E-state index in [0.717, 1.165) is 5.56 Å². The van der Waals surface area contributed by atoms with E-state index in [-0.39, 0.29) is 29.4 Å². The van der Waals surface area contributed by atoms with Gasteiger partial charge in [-0.15, -0.1) is 0 Å². The summed E-state index contributed by atoms with van der Waals surface area (Å²) in [7, 11) is -4.40. The van der Waals surface area contributed by atoms with Gasteiger partial charge in [0.15, 0.2) is 23.2 Å². The number of aromatic nitrogens is 4. The fourth-order valence-corrected chi connectivity index (χ4v) is 4.11. The van der Waals surface area contributed by atoms with Crippen molar-refractivity contribution in [3.05, 3.63) is 47.3 Å². The zero-order chi connectivity index (χ0) is 24.6. The molecule has 12 nitrogen and oxygen atoms in total. The first kappa shape index (κ1) is 24.9. The first-order valence-electron chi connectivity index (χ1n) is 10.1. The summed E-state index contributed by atoms with van der Waals surface area (Å²) in [5, 5.41) is 23.9. The zero-order valence-electron chi connectivity index (χ0n) is 17.7. The molecule has 1 aromatic carbocycles. The SMILES string of the molecule is C[C@H](Nc1nc(Cl)nc2c1ncn2[C@@H]1O[C@H](COCP(=O)(O)O)[C@@H](O)[C@H]1O)c1ccc(F)cc1. The lowest BCUT2D eigenvalue weighted by Gasteiger charge is -2.18. The van der Waals surface area contributed by atoms with E-state index in [1.165, 1.54) is 23.0 Å². The molecule has 1 fully saturated rings. The van der Waals surface area contributed by atoms with Gasteiger partial charge in [0.25, 0.3) is 0 Å². The van der Waals surface area contributed by atoms with Crippen molar-refractivity contribution in [3.63, 3.8) is 0 Å². The molecule has 0 unspecified atom stereocenters. The smallest absolute Gasteiger partial charge is 0.350 e. The van der Waals surface area contributed by atoms with Crippen LogP contribution in [0.25, 0.3) is 11.2 Å². The fraction of sp³-hybridized carbons (Fsp3) is 0.421. The molecule has 5 N–H and O–H groups in total. The molecule has 0 saturated carbocycles. The highest BCUT2D eigenvalue weighted by molar-refractivity contribution is 7.51. The molecule has 0 bridgehead atoms. The summed E-state index contributed by atoms with van der Waals surface area (Å²) >= 11 is 6.12. The largest absolute Gasteiger partial charge is 0.387 e. The van der Waals surface area contributed by atoms with Gasteiger partial charge in [-0.25, -0.2) is 9.37 Å². The highest BCUT2D eigenvalue weighted by Gasteiger charge is 2.44. The summed E-state index contributed by atoms with van der Waals surface area (Å²) in [5.41, 5.74) is 1.31. The second-order valence-corrected chi connectivity index (χ2v) is 9.72. The van der Waals surface area contributed by atoms with Crippen LogP contribution in [0.3, 0.4) is 0 Å². The van der Waals surface area contributed by atoms with Crippen molar-refractivity contribution < 1.29 is 38.4 Å². The molecule has 5 atom stereocenters. The van der Waals surface area contributed by atoms with Gasteiger partial charge >= 0.3 is 7.60 Å². The predicted octanol–water partition coefficient (Wildman–Crippen LogP) is 1.56. The van der Waals surface area contributed by atoms with Crippen molar-refractivity contribution in [2.45, 2.75) is 37.5 Å². The fourth-order valence-electron chi connectivity index (χ4n) is 3.60. The van der Waals surface area contributed by atoms with E-state index >= 15 is 0 Å². The summed E-state index contributed by atoms with van der Waals surface area (Å²) in [6.07, 6.45) is -4.51. The number of anilines is 1. The molecule has 0 radical (unpaired) electrons. The van der Waals surface area contributed by atoms with Gasteiger partial charge in [0.1, 0.15) is 30.5 Å². The first-order valence-corrected chi connectivity index (χ1v) is 12.3. The Morgan fingerprint density at radius 3 is 2.65 bits per heavy atom. The number of fused-ring (bicyclic) bond motifs is 1. The quantitative estimate of drug-likeness (QED) is 0.217. The third-order valence-corrected chi connectivity index (χ3v) is 5.96. The Morgan fingerprint density at radius 2 is 1.97 bits per heavy atom. The number of hydrogen-bond donors (Lipinski definition) is 5. The average molecular weight is 518 g/mol. The van der Waals surface area contributed by atoms with Crippen LogP contribution in [0, 0.1) is 5.82 Å². The normalized spacial score (nSPS) is 24.0. The highest BCUT2D eigenvalue weighted by Crippen LogP contribution is 2.36. The van der Waals surface area contributed by atoms with Crippen molar-refractivity contribution in [2.75, 3.05) is 18.3 Å². The third kappa shape index (κ3) is 5.37. The van der Waals surface area contributed by atoms with Crippen molar-refractivity contribution in [1.29, 1.82) is 0 Å². The molecular formula is C19H22ClFN5O7P. The lowest BCUT2D eigenvalue weighted by Crippen LogP contribution is -2.33. The minimum absolute atomic E-state index is 0.113. The van der Waals surface area contributed by atoms with E-state index in [0.29, 0.717) is 11.3 Å². The van der Waals surface area contributed by atoms with Gasteiger partial charge in [0, 0.05) is 0 Å². The first-order chi connectivity index (χ1) is 16.0. The van der Waals surface area contributed by atoms with Crippen LogP contribution in [0.1, 0.15) is 24.8 Å². The van der Waals surface area contributed by atoms with Crippen LogP contribution in [-0.2, 0) is 14.0 Å². The topological polar surface area (TPSA) is 172 Å². The Balaban J connectivity index is 1.56. The number of rotatable bonds is 8. The van der Waals surface area contributed by atoms with E-state index in [2.05, 4.69) is 20.3 Å². The van der Waals surface area contributed by atoms with Gasteiger partial charge in [0.05, 0.1) is 19.0 Å². The molecule has 4 rings (SSSR count). The lowest BCUT2D eigenvalue weighted by atomic mass is 10.1. The Hall–Kier alpha value is -2.22. The van der Waals surface area contributed by atoms with Crippen LogP contribution >= 0.6 is 19.2 Å². The second kappa shape index (κ2) is 9.80. The maximum Gasteiger partial charge on any atom is 0.350 e. The number of nitrogens with one attached hydrogen (secondary N) is 1. The maximum absolute atomic E-state index is 13.2. The standard InChI is InChI=1S/C19H22ClFN5O7P/c1-9(10-2-4-11(21)5-3-10)23-16-13-17(25-19(20)24-16)26(7-22-13)18-15(28)14(27)12(33-18)6-32-8-34(29,30)31/h2-5,7,9,12,14-15,18,27-28H,6,8H2,1H3,(H,23,24,25)(H2,29,30,31)/t9-,12+,14+,15+,18+/m0/s1. The second-order valence-electron chi connectivity index (χ2n) is 7.79. The Bertz CT molecular complexity index is 1210. The Morgan fingerprint density at radius 1 is 1.26 bits per heavy atom. The minimum Gasteiger partial charge on any atom is -0.387 e. The molecule has 0 aliphatic carbocycles. The van der Waals surface area contributed by atoms with Crippen LogP contribution in [0.2, 0.25) is 5.28 Å². The van der Waals surface area contributed by atoms with E-state index in [1.54, 1.807) is 12.1 Å². The van der Waals surface area contributed by atoms with Gasteiger partial charge in [-0.1, -0.05) is 12.1 Å². The van der Waals surface area contributed by atoms with Crippen molar-refractivity contribution >= 4 is 36.2 Å². The van der Waals surface area contributed by atoms with Crippen LogP contribution in [0.15, 0.2) is 30.6 Å². The van der Waals surface area contributed by atoms with Crippen molar-refractivity contribution in [1.82, 2.24) is 19.5 Å². The maximum atomic E-state index is 13.2. The third-order valence-electron chi connectivity index (χ3n) is 5.27. The average Bonchev–Trinajstić information content (AvgIpc) is 3.29. The number of benzene rings is 1. The molecule has 1 aliphatic rings. The molecule has 3 aromatic rings. The minimum atomic E-state index is -4.40. The van der Waals surface area contributed by atoms with Crippen LogP contribution in [0.5, 0.6) is 0 Å². The molecule has 34 heavy (non-hydrogen) atoms. The van der Waals surface area contributed by atoms with Crippen molar-refractivity contribution in [3.8, 4) is 0 Å². The number of halogens is 2. The van der Waals surface area contributed by atoms with Gasteiger partial charge in [-0.3, -0.25) is 9.13 Å². The number of aliphatic hydroxyl groups excluding tert-OH is 2.